The third kappa shape index (κ3) is 3.17. The molecule has 0 bridgehead atoms. The molecule has 1 aliphatic heterocycles. The lowest BCUT2D eigenvalue weighted by atomic mass is 9.93. The molecular formula is C17H24N4O2. The van der Waals surface area contributed by atoms with E-state index in [1.165, 1.54) is 0 Å². The highest BCUT2D eigenvalue weighted by Gasteiger charge is 2.37. The van der Waals surface area contributed by atoms with Gasteiger partial charge in [-0.2, -0.15) is 5.10 Å². The Morgan fingerprint density at radius 3 is 2.78 bits per heavy atom. The zero-order valence-corrected chi connectivity index (χ0v) is 14.0. The van der Waals surface area contributed by atoms with Gasteiger partial charge in [-0.25, -0.2) is 0 Å². The predicted molar refractivity (Wildman–Crippen MR) is 86.9 cm³/mol. The van der Waals surface area contributed by atoms with Crippen LogP contribution in [-0.2, 0) is 23.1 Å². The van der Waals surface area contributed by atoms with Crippen molar-refractivity contribution in [2.45, 2.75) is 32.9 Å². The smallest absolute Gasteiger partial charge is 0.226 e. The fourth-order valence-electron chi connectivity index (χ4n) is 3.30. The minimum atomic E-state index is -0.185. The van der Waals surface area contributed by atoms with Gasteiger partial charge in [-0.05, 0) is 32.4 Å². The van der Waals surface area contributed by atoms with Crippen molar-refractivity contribution in [2.24, 2.45) is 13.0 Å². The second-order valence-electron chi connectivity index (χ2n) is 6.11. The van der Waals surface area contributed by atoms with Crippen LogP contribution in [-0.4, -0.2) is 33.4 Å². The average molecular weight is 316 g/mol. The Kier molecular flexibility index (Phi) is 4.52. The van der Waals surface area contributed by atoms with Crippen molar-refractivity contribution >= 4 is 5.91 Å². The van der Waals surface area contributed by atoms with E-state index in [9.17, 15) is 4.79 Å². The number of hydrogen-bond acceptors (Lipinski definition) is 3. The SMILES string of the molecule is Cc1nn(C)c(C)c1[C@H]1OCC[C@@H]1C(=O)NCCn1cccc1. The minimum absolute atomic E-state index is 0.0716. The van der Waals surface area contributed by atoms with Crippen molar-refractivity contribution in [3.8, 4) is 0 Å². The molecule has 23 heavy (non-hydrogen) atoms. The Balaban J connectivity index is 1.65. The number of hydrogen-bond donors (Lipinski definition) is 1. The summed E-state index contributed by atoms with van der Waals surface area (Å²) in [6.07, 6.45) is 4.56. The van der Waals surface area contributed by atoms with Crippen LogP contribution >= 0.6 is 0 Å². The minimum Gasteiger partial charge on any atom is -0.373 e. The lowest BCUT2D eigenvalue weighted by Gasteiger charge is -2.19. The van der Waals surface area contributed by atoms with E-state index in [1.54, 1.807) is 0 Å². The van der Waals surface area contributed by atoms with E-state index < -0.39 is 0 Å². The molecule has 3 heterocycles. The first kappa shape index (κ1) is 15.8. The van der Waals surface area contributed by atoms with Crippen LogP contribution in [0.4, 0.5) is 0 Å². The van der Waals surface area contributed by atoms with E-state index in [0.717, 1.165) is 29.9 Å². The summed E-state index contributed by atoms with van der Waals surface area (Å²) < 4.78 is 9.79. The molecule has 1 aliphatic rings. The molecule has 0 unspecified atom stereocenters. The molecule has 2 atom stereocenters. The molecule has 1 amide bonds. The summed E-state index contributed by atoms with van der Waals surface area (Å²) in [7, 11) is 1.92. The molecule has 0 aliphatic carbocycles. The first-order valence-corrected chi connectivity index (χ1v) is 8.08. The number of nitrogens with zero attached hydrogens (tertiary/aromatic N) is 3. The Hall–Kier alpha value is -2.08. The van der Waals surface area contributed by atoms with Crippen molar-refractivity contribution in [1.82, 2.24) is 19.7 Å². The van der Waals surface area contributed by atoms with Crippen LogP contribution in [0.1, 0.15) is 29.5 Å². The summed E-state index contributed by atoms with van der Waals surface area (Å²) in [5.41, 5.74) is 3.08. The predicted octanol–water partition coefficient (Wildman–Crippen LogP) is 1.73. The molecule has 0 spiro atoms. The van der Waals surface area contributed by atoms with Gasteiger partial charge in [0.25, 0.3) is 0 Å². The molecule has 0 aromatic carbocycles. The molecule has 2 aromatic rings. The zero-order chi connectivity index (χ0) is 16.4. The highest BCUT2D eigenvalue weighted by molar-refractivity contribution is 5.79. The van der Waals surface area contributed by atoms with Crippen molar-refractivity contribution in [3.63, 3.8) is 0 Å². The lowest BCUT2D eigenvalue weighted by molar-refractivity contribution is -0.126. The third-order valence-corrected chi connectivity index (χ3v) is 4.61. The van der Waals surface area contributed by atoms with Crippen LogP contribution in [0, 0.1) is 19.8 Å². The van der Waals surface area contributed by atoms with E-state index in [-0.39, 0.29) is 17.9 Å². The lowest BCUT2D eigenvalue weighted by Crippen LogP contribution is -2.34. The molecule has 6 nitrogen and oxygen atoms in total. The molecule has 3 rings (SSSR count). The Morgan fingerprint density at radius 2 is 2.13 bits per heavy atom. The van der Waals surface area contributed by atoms with Gasteiger partial charge in [0.2, 0.25) is 5.91 Å². The molecular weight excluding hydrogens is 292 g/mol. The summed E-state index contributed by atoms with van der Waals surface area (Å²) in [6, 6.07) is 3.97. The van der Waals surface area contributed by atoms with Crippen LogP contribution in [0.15, 0.2) is 24.5 Å². The summed E-state index contributed by atoms with van der Waals surface area (Å²) in [4.78, 5) is 12.6. The molecule has 1 saturated heterocycles. The monoisotopic (exact) mass is 316 g/mol. The Morgan fingerprint density at radius 1 is 1.39 bits per heavy atom. The molecule has 0 radical (unpaired) electrons. The van der Waals surface area contributed by atoms with E-state index in [0.29, 0.717) is 13.2 Å². The van der Waals surface area contributed by atoms with Gasteiger partial charge in [0, 0.05) is 50.4 Å². The van der Waals surface area contributed by atoms with Gasteiger partial charge in [-0.15, -0.1) is 0 Å². The van der Waals surface area contributed by atoms with Gasteiger partial charge in [0.1, 0.15) is 0 Å². The standard InChI is InChI=1S/C17H24N4O2/c1-12-15(13(2)20(3)19-12)16-14(6-11-23-16)17(22)18-7-10-21-8-4-5-9-21/h4-5,8-9,14,16H,6-7,10-11H2,1-3H3,(H,18,22)/t14-,16-/m0/s1. The Labute approximate surface area is 136 Å². The van der Waals surface area contributed by atoms with Crippen molar-refractivity contribution < 1.29 is 9.53 Å². The van der Waals surface area contributed by atoms with Crippen molar-refractivity contribution in [3.05, 3.63) is 41.5 Å². The zero-order valence-electron chi connectivity index (χ0n) is 14.0. The van der Waals surface area contributed by atoms with Gasteiger partial charge >= 0.3 is 0 Å². The second kappa shape index (κ2) is 6.58. The number of aromatic nitrogens is 3. The van der Waals surface area contributed by atoms with Crippen LogP contribution < -0.4 is 5.32 Å². The van der Waals surface area contributed by atoms with E-state index >= 15 is 0 Å². The maximum Gasteiger partial charge on any atom is 0.226 e. The van der Waals surface area contributed by atoms with Crippen LogP contribution in [0.2, 0.25) is 0 Å². The quantitative estimate of drug-likeness (QED) is 0.914. The number of aryl methyl sites for hydroxylation is 2. The van der Waals surface area contributed by atoms with Gasteiger partial charge in [0.05, 0.1) is 17.7 Å². The second-order valence-corrected chi connectivity index (χ2v) is 6.11. The fraction of sp³-hybridized carbons (Fsp3) is 0.529. The normalized spacial score (nSPS) is 20.8. The first-order valence-electron chi connectivity index (χ1n) is 8.08. The van der Waals surface area contributed by atoms with Crippen LogP contribution in [0.25, 0.3) is 0 Å². The summed E-state index contributed by atoms with van der Waals surface area (Å²) >= 11 is 0. The number of carbonyl (C=O) groups is 1. The largest absolute Gasteiger partial charge is 0.373 e. The van der Waals surface area contributed by atoms with E-state index in [2.05, 4.69) is 15.0 Å². The van der Waals surface area contributed by atoms with Crippen LogP contribution in [0.5, 0.6) is 0 Å². The highest BCUT2D eigenvalue weighted by Crippen LogP contribution is 2.37. The number of ether oxygens (including phenoxy) is 1. The number of carbonyl (C=O) groups excluding carboxylic acids is 1. The third-order valence-electron chi connectivity index (χ3n) is 4.61. The van der Waals surface area contributed by atoms with Gasteiger partial charge in [-0.1, -0.05) is 0 Å². The fourth-order valence-corrected chi connectivity index (χ4v) is 3.30. The van der Waals surface area contributed by atoms with E-state index in [4.69, 9.17) is 4.74 Å². The molecule has 1 N–H and O–H groups in total. The molecule has 1 fully saturated rings. The average Bonchev–Trinajstić information content (AvgIpc) is 3.22. The molecule has 2 aromatic heterocycles. The number of rotatable bonds is 5. The number of nitrogens with one attached hydrogen (secondary N) is 1. The first-order chi connectivity index (χ1) is 11.1. The molecule has 6 heteroatoms. The van der Waals surface area contributed by atoms with Crippen LogP contribution in [0.3, 0.4) is 0 Å². The molecule has 0 saturated carbocycles. The maximum absolute atomic E-state index is 12.6. The van der Waals surface area contributed by atoms with Crippen molar-refractivity contribution in [2.75, 3.05) is 13.2 Å². The van der Waals surface area contributed by atoms with E-state index in [1.807, 2.05) is 50.1 Å². The summed E-state index contributed by atoms with van der Waals surface area (Å²) in [6.45, 7) is 6.03. The highest BCUT2D eigenvalue weighted by atomic mass is 16.5. The maximum atomic E-state index is 12.6. The van der Waals surface area contributed by atoms with Gasteiger partial charge < -0.3 is 14.6 Å². The number of amides is 1. The summed E-state index contributed by atoms with van der Waals surface area (Å²) in [5, 5.41) is 7.49. The molecule has 124 valence electrons. The van der Waals surface area contributed by atoms with Gasteiger partial charge in [-0.3, -0.25) is 9.48 Å². The van der Waals surface area contributed by atoms with Crippen molar-refractivity contribution in [1.29, 1.82) is 0 Å². The topological polar surface area (TPSA) is 61.1 Å². The summed E-state index contributed by atoms with van der Waals surface area (Å²) in [5.74, 6) is -0.0661. The van der Waals surface area contributed by atoms with Gasteiger partial charge in [0.15, 0.2) is 0 Å². The Bertz CT molecular complexity index is 675.